The molecule has 2 heteroatoms. The van der Waals surface area contributed by atoms with Crippen molar-refractivity contribution in [3.8, 4) is 5.75 Å². The lowest BCUT2D eigenvalue weighted by Gasteiger charge is -2.26. The Bertz CT molecular complexity index is 1220. The van der Waals surface area contributed by atoms with Crippen molar-refractivity contribution in [1.29, 1.82) is 0 Å². The van der Waals surface area contributed by atoms with E-state index in [1.807, 2.05) is 12.1 Å². The van der Waals surface area contributed by atoms with Crippen LogP contribution in [-0.4, -0.2) is 7.11 Å². The summed E-state index contributed by atoms with van der Waals surface area (Å²) in [4.78, 5) is 2.25. The summed E-state index contributed by atoms with van der Waals surface area (Å²) in [6.45, 7) is 4.21. The van der Waals surface area contributed by atoms with E-state index in [1.165, 1.54) is 16.7 Å². The van der Waals surface area contributed by atoms with Crippen LogP contribution in [0.3, 0.4) is 0 Å². The summed E-state index contributed by atoms with van der Waals surface area (Å²) in [7, 11) is 1.69. The maximum atomic E-state index is 5.34. The normalized spacial score (nSPS) is 11.2. The molecule has 164 valence electrons. The molecule has 0 unspecified atom stereocenters. The molecule has 0 radical (unpaired) electrons. The first kappa shape index (κ1) is 22.2. The Labute approximate surface area is 197 Å². The highest BCUT2D eigenvalue weighted by Crippen LogP contribution is 2.35. The van der Waals surface area contributed by atoms with Crippen LogP contribution in [0.2, 0.25) is 0 Å². The Kier molecular flexibility index (Phi) is 7.06. The number of aryl methyl sites for hydroxylation is 2. The highest BCUT2D eigenvalue weighted by atomic mass is 16.5. The van der Waals surface area contributed by atoms with E-state index in [4.69, 9.17) is 4.74 Å². The van der Waals surface area contributed by atoms with Gasteiger partial charge in [0, 0.05) is 17.1 Å². The fourth-order valence-electron chi connectivity index (χ4n) is 3.62. The number of ether oxygens (including phenoxy) is 1. The van der Waals surface area contributed by atoms with Gasteiger partial charge in [0.05, 0.1) is 7.11 Å². The molecule has 4 rings (SSSR count). The van der Waals surface area contributed by atoms with Gasteiger partial charge in [-0.2, -0.15) is 0 Å². The van der Waals surface area contributed by atoms with Crippen molar-refractivity contribution in [1.82, 2.24) is 0 Å². The second-order valence-electron chi connectivity index (χ2n) is 8.09. The Morgan fingerprint density at radius 2 is 0.879 bits per heavy atom. The number of hydrogen-bond acceptors (Lipinski definition) is 2. The summed E-state index contributed by atoms with van der Waals surface area (Å²) in [5, 5.41) is 0. The van der Waals surface area contributed by atoms with Crippen molar-refractivity contribution < 1.29 is 4.74 Å². The van der Waals surface area contributed by atoms with Gasteiger partial charge in [-0.3, -0.25) is 0 Å². The van der Waals surface area contributed by atoms with Gasteiger partial charge in [0.25, 0.3) is 0 Å². The van der Waals surface area contributed by atoms with Crippen molar-refractivity contribution in [3.63, 3.8) is 0 Å². The smallest absolute Gasteiger partial charge is 0.119 e. The van der Waals surface area contributed by atoms with E-state index < -0.39 is 0 Å². The van der Waals surface area contributed by atoms with E-state index in [0.717, 1.165) is 28.4 Å². The van der Waals surface area contributed by atoms with Crippen LogP contribution in [0.4, 0.5) is 17.1 Å². The van der Waals surface area contributed by atoms with Crippen LogP contribution in [0, 0.1) is 13.8 Å². The zero-order valence-electron chi connectivity index (χ0n) is 19.4. The van der Waals surface area contributed by atoms with Crippen LogP contribution < -0.4 is 9.64 Å². The molecule has 0 saturated heterocycles. The summed E-state index contributed by atoms with van der Waals surface area (Å²) in [5.41, 5.74) is 8.19. The Hall–Kier alpha value is -4.04. The monoisotopic (exact) mass is 431 g/mol. The fraction of sp³-hybridized carbons (Fsp3) is 0.0968. The van der Waals surface area contributed by atoms with Crippen LogP contribution in [0.15, 0.2) is 109 Å². The number of rotatable bonds is 7. The number of methoxy groups -OCH3 is 1. The van der Waals surface area contributed by atoms with Crippen LogP contribution in [-0.2, 0) is 0 Å². The molecule has 2 nitrogen and oxygen atoms in total. The van der Waals surface area contributed by atoms with Gasteiger partial charge in [-0.25, -0.2) is 0 Å². The molecule has 0 atom stereocenters. The average Bonchev–Trinajstić information content (AvgIpc) is 2.85. The first-order chi connectivity index (χ1) is 16.1. The Morgan fingerprint density at radius 1 is 0.515 bits per heavy atom. The molecular formula is C31H29NO. The van der Waals surface area contributed by atoms with Crippen molar-refractivity contribution >= 4 is 29.2 Å². The molecular weight excluding hydrogens is 402 g/mol. The molecule has 0 aromatic heterocycles. The van der Waals surface area contributed by atoms with Crippen molar-refractivity contribution in [2.75, 3.05) is 12.0 Å². The third kappa shape index (κ3) is 5.81. The molecule has 0 fully saturated rings. The van der Waals surface area contributed by atoms with Crippen LogP contribution >= 0.6 is 0 Å². The van der Waals surface area contributed by atoms with E-state index in [-0.39, 0.29) is 0 Å². The predicted molar refractivity (Wildman–Crippen MR) is 142 cm³/mol. The van der Waals surface area contributed by atoms with Gasteiger partial charge < -0.3 is 9.64 Å². The van der Waals surface area contributed by atoms with E-state index in [2.05, 4.69) is 128 Å². The number of anilines is 3. The lowest BCUT2D eigenvalue weighted by atomic mass is 10.1. The molecule has 0 aliphatic rings. The van der Waals surface area contributed by atoms with Crippen molar-refractivity contribution in [2.45, 2.75) is 13.8 Å². The SMILES string of the molecule is COc1ccc(N(c2ccc(C)cc2)c2ccc(/C=C/C=C/c3ccc(C)cc3)cc2)cc1. The van der Waals surface area contributed by atoms with Crippen LogP contribution in [0.5, 0.6) is 5.75 Å². The number of allylic oxidation sites excluding steroid dienone is 2. The maximum Gasteiger partial charge on any atom is 0.119 e. The van der Waals surface area contributed by atoms with Gasteiger partial charge in [-0.15, -0.1) is 0 Å². The number of benzene rings is 4. The molecule has 0 amide bonds. The lowest BCUT2D eigenvalue weighted by Crippen LogP contribution is -2.09. The van der Waals surface area contributed by atoms with Crippen LogP contribution in [0.25, 0.3) is 12.2 Å². The van der Waals surface area contributed by atoms with Gasteiger partial charge in [0.15, 0.2) is 0 Å². The molecule has 4 aromatic rings. The topological polar surface area (TPSA) is 12.5 Å². The van der Waals surface area contributed by atoms with Gasteiger partial charge >= 0.3 is 0 Å². The molecule has 0 spiro atoms. The third-order valence-electron chi connectivity index (χ3n) is 5.54. The van der Waals surface area contributed by atoms with E-state index in [1.54, 1.807) is 7.11 Å². The summed E-state index contributed by atoms with van der Waals surface area (Å²) < 4.78 is 5.34. The summed E-state index contributed by atoms with van der Waals surface area (Å²) in [6, 6.07) is 33.9. The quantitative estimate of drug-likeness (QED) is 0.272. The molecule has 0 N–H and O–H groups in total. The van der Waals surface area contributed by atoms with E-state index >= 15 is 0 Å². The highest BCUT2D eigenvalue weighted by Gasteiger charge is 2.12. The van der Waals surface area contributed by atoms with E-state index in [0.29, 0.717) is 0 Å². The molecule has 0 bridgehead atoms. The molecule has 0 aliphatic heterocycles. The standard InChI is InChI=1S/C31H29NO/c1-24-8-12-26(13-9-24)6-4-5-7-27-14-18-29(19-15-27)32(28-16-10-25(2)11-17-28)30-20-22-31(33-3)23-21-30/h4-23H,1-3H3/b6-4+,7-5+. The molecule has 0 saturated carbocycles. The van der Waals surface area contributed by atoms with Crippen LogP contribution in [0.1, 0.15) is 22.3 Å². The second-order valence-corrected chi connectivity index (χ2v) is 8.09. The van der Waals surface area contributed by atoms with Gasteiger partial charge in [-0.1, -0.05) is 84.0 Å². The van der Waals surface area contributed by atoms with Gasteiger partial charge in [-0.05, 0) is 73.5 Å². The van der Waals surface area contributed by atoms with Crippen molar-refractivity contribution in [2.24, 2.45) is 0 Å². The first-order valence-electron chi connectivity index (χ1n) is 11.1. The summed E-state index contributed by atoms with van der Waals surface area (Å²) in [5.74, 6) is 0.849. The summed E-state index contributed by atoms with van der Waals surface area (Å²) in [6.07, 6.45) is 8.40. The largest absolute Gasteiger partial charge is 0.497 e. The number of nitrogens with zero attached hydrogens (tertiary/aromatic N) is 1. The highest BCUT2D eigenvalue weighted by molar-refractivity contribution is 5.77. The second kappa shape index (κ2) is 10.5. The molecule has 4 aromatic carbocycles. The minimum atomic E-state index is 0.849. The predicted octanol–water partition coefficient (Wildman–Crippen LogP) is 8.51. The maximum absolute atomic E-state index is 5.34. The zero-order chi connectivity index (χ0) is 23.0. The first-order valence-corrected chi connectivity index (χ1v) is 11.1. The minimum absolute atomic E-state index is 0.849. The van der Waals surface area contributed by atoms with Gasteiger partial charge in [0.1, 0.15) is 5.75 Å². The Balaban J connectivity index is 1.56. The molecule has 33 heavy (non-hydrogen) atoms. The molecule has 0 heterocycles. The minimum Gasteiger partial charge on any atom is -0.497 e. The lowest BCUT2D eigenvalue weighted by molar-refractivity contribution is 0.415. The van der Waals surface area contributed by atoms with Crippen molar-refractivity contribution in [3.05, 3.63) is 131 Å². The van der Waals surface area contributed by atoms with E-state index in [9.17, 15) is 0 Å². The third-order valence-corrected chi connectivity index (χ3v) is 5.54. The fourth-order valence-corrected chi connectivity index (χ4v) is 3.62. The Morgan fingerprint density at radius 3 is 1.33 bits per heavy atom. The zero-order valence-corrected chi connectivity index (χ0v) is 19.4. The molecule has 0 aliphatic carbocycles. The van der Waals surface area contributed by atoms with Gasteiger partial charge in [0.2, 0.25) is 0 Å². The average molecular weight is 432 g/mol. The number of hydrogen-bond donors (Lipinski definition) is 0. The summed E-state index contributed by atoms with van der Waals surface area (Å²) >= 11 is 0.